The van der Waals surface area contributed by atoms with Crippen LogP contribution in [0.5, 0.6) is 0 Å². The average Bonchev–Trinajstić information content (AvgIpc) is 2.97. The molecular weight excluding hydrogens is 471 g/mol. The van der Waals surface area contributed by atoms with Crippen LogP contribution >= 0.6 is 23.2 Å². The molecule has 1 fully saturated rings. The molecule has 2 heterocycles. The highest BCUT2D eigenvalue weighted by Crippen LogP contribution is 2.37. The Labute approximate surface area is 202 Å². The predicted octanol–water partition coefficient (Wildman–Crippen LogP) is 6.38. The summed E-state index contributed by atoms with van der Waals surface area (Å²) in [5.74, 6) is 1.06. The Morgan fingerprint density at radius 2 is 1.97 bits per heavy atom. The molecule has 33 heavy (non-hydrogen) atoms. The molecule has 0 saturated carbocycles. The van der Waals surface area contributed by atoms with E-state index in [0.29, 0.717) is 37.3 Å². The summed E-state index contributed by atoms with van der Waals surface area (Å²) in [4.78, 5) is 21.6. The zero-order valence-electron chi connectivity index (χ0n) is 18.4. The Morgan fingerprint density at radius 3 is 2.76 bits per heavy atom. The van der Waals surface area contributed by atoms with Gasteiger partial charge in [-0.2, -0.15) is 0 Å². The molecule has 5 nitrogen and oxygen atoms in total. The monoisotopic (exact) mass is 497 g/mol. The summed E-state index contributed by atoms with van der Waals surface area (Å²) < 4.78 is 32.0. The number of nitrogens with one attached hydrogen (secondary N) is 1. The summed E-state index contributed by atoms with van der Waals surface area (Å²) in [5, 5.41) is 3.44. The number of carbonyl (C=O) groups excluding carboxylic acids is 1. The van der Waals surface area contributed by atoms with Gasteiger partial charge in [-0.05, 0) is 62.1 Å². The molecule has 9 heteroatoms. The maximum absolute atomic E-state index is 13.3. The molecule has 3 atom stereocenters. The lowest BCUT2D eigenvalue weighted by Crippen LogP contribution is -2.19. The van der Waals surface area contributed by atoms with Crippen LogP contribution in [0.2, 0.25) is 10.3 Å². The number of hydrogen-bond acceptors (Lipinski definition) is 5. The number of aromatic nitrogens is 2. The quantitative estimate of drug-likeness (QED) is 0.449. The molecule has 1 aromatic carbocycles. The highest BCUT2D eigenvalue weighted by Gasteiger charge is 2.31. The number of hydrogen-bond donors (Lipinski definition) is 1. The summed E-state index contributed by atoms with van der Waals surface area (Å²) in [5.41, 5.74) is 2.11. The van der Waals surface area contributed by atoms with Crippen molar-refractivity contribution in [3.63, 3.8) is 0 Å². The third kappa shape index (κ3) is 5.64. The van der Waals surface area contributed by atoms with Gasteiger partial charge in [-0.1, -0.05) is 29.8 Å². The fourth-order valence-electron chi connectivity index (χ4n) is 4.81. The van der Waals surface area contributed by atoms with Crippen molar-refractivity contribution in [2.75, 3.05) is 18.5 Å². The van der Waals surface area contributed by atoms with Gasteiger partial charge >= 0.3 is 0 Å². The highest BCUT2D eigenvalue weighted by molar-refractivity contribution is 6.32. The lowest BCUT2D eigenvalue weighted by molar-refractivity contribution is -0.124. The number of benzene rings is 1. The zero-order chi connectivity index (χ0) is 23.5. The van der Waals surface area contributed by atoms with Crippen LogP contribution in [0, 0.1) is 11.8 Å². The Hall–Kier alpha value is -1.83. The van der Waals surface area contributed by atoms with Crippen LogP contribution in [0.15, 0.2) is 18.2 Å². The standard InChI is InChI=1S/C24H27Cl2F2N3O2/c1-13(16-5-2-6-17(21(16)25)22(27)28)29-23-18-10-14(11-19(18)30-24(26)31-23)12-20(32)15-4-3-8-33-9-7-15/h2,5-6,13-15,22H,3-4,7-12H2,1H3,(H,29,30,31)/t13-,14?,15?/m1/s1. The van der Waals surface area contributed by atoms with Gasteiger partial charge in [0.15, 0.2) is 0 Å². The molecule has 2 aliphatic rings. The van der Waals surface area contributed by atoms with E-state index in [2.05, 4.69) is 15.3 Å². The molecule has 1 aromatic heterocycles. The molecule has 1 N–H and O–H groups in total. The Morgan fingerprint density at radius 1 is 1.18 bits per heavy atom. The molecule has 1 saturated heterocycles. The molecule has 2 unspecified atom stereocenters. The van der Waals surface area contributed by atoms with E-state index in [1.54, 1.807) is 12.1 Å². The van der Waals surface area contributed by atoms with Crippen LogP contribution in [0.3, 0.4) is 0 Å². The first-order chi connectivity index (χ1) is 15.8. The van der Waals surface area contributed by atoms with E-state index in [0.717, 1.165) is 37.1 Å². The van der Waals surface area contributed by atoms with Crippen molar-refractivity contribution in [1.29, 1.82) is 0 Å². The van der Waals surface area contributed by atoms with Crippen LogP contribution in [0.1, 0.15) is 67.5 Å². The van der Waals surface area contributed by atoms with E-state index in [1.807, 2.05) is 6.92 Å². The largest absolute Gasteiger partial charge is 0.381 e. The number of ether oxygens (including phenoxy) is 1. The van der Waals surface area contributed by atoms with E-state index in [9.17, 15) is 13.6 Å². The minimum Gasteiger partial charge on any atom is -0.381 e. The molecule has 0 bridgehead atoms. The van der Waals surface area contributed by atoms with Crippen LogP contribution in [-0.2, 0) is 22.4 Å². The van der Waals surface area contributed by atoms with E-state index >= 15 is 0 Å². The minimum atomic E-state index is -2.65. The fourth-order valence-corrected chi connectivity index (χ4v) is 5.37. The number of halogens is 4. The van der Waals surface area contributed by atoms with Crippen LogP contribution in [0.25, 0.3) is 0 Å². The Kier molecular flexibility index (Phi) is 7.82. The van der Waals surface area contributed by atoms with Crippen molar-refractivity contribution in [2.24, 2.45) is 11.8 Å². The van der Waals surface area contributed by atoms with Crippen LogP contribution in [0.4, 0.5) is 14.6 Å². The van der Waals surface area contributed by atoms with Crippen molar-refractivity contribution in [2.45, 2.75) is 57.9 Å². The number of anilines is 1. The van der Waals surface area contributed by atoms with E-state index in [4.69, 9.17) is 27.9 Å². The van der Waals surface area contributed by atoms with Gasteiger partial charge in [-0.25, -0.2) is 18.7 Å². The van der Waals surface area contributed by atoms with Gasteiger partial charge in [0.25, 0.3) is 6.43 Å². The molecule has 1 aliphatic heterocycles. The van der Waals surface area contributed by atoms with Gasteiger partial charge in [-0.3, -0.25) is 4.79 Å². The molecule has 0 amide bonds. The maximum atomic E-state index is 13.3. The molecule has 4 rings (SSSR count). The van der Waals surface area contributed by atoms with Gasteiger partial charge < -0.3 is 10.1 Å². The normalized spacial score (nSPS) is 21.5. The smallest absolute Gasteiger partial charge is 0.265 e. The van der Waals surface area contributed by atoms with E-state index in [-0.39, 0.29) is 39.5 Å². The fraction of sp³-hybridized carbons (Fsp3) is 0.542. The number of Topliss-reactive ketones (excluding diaryl/α,β-unsaturated/α-hetero) is 1. The number of alkyl halides is 2. The van der Waals surface area contributed by atoms with Crippen molar-refractivity contribution < 1.29 is 18.3 Å². The third-order valence-corrected chi connectivity index (χ3v) is 7.16. The first-order valence-electron chi connectivity index (χ1n) is 11.3. The summed E-state index contributed by atoms with van der Waals surface area (Å²) in [7, 11) is 0. The Bertz CT molecular complexity index is 1010. The molecule has 0 spiro atoms. The van der Waals surface area contributed by atoms with Gasteiger partial charge in [0.1, 0.15) is 11.6 Å². The number of fused-ring (bicyclic) bond motifs is 1. The van der Waals surface area contributed by atoms with Gasteiger partial charge in [0.05, 0.1) is 16.8 Å². The van der Waals surface area contributed by atoms with Crippen molar-refractivity contribution in [1.82, 2.24) is 9.97 Å². The SMILES string of the molecule is C[C@@H](Nc1nc(Cl)nc2c1CC(CC(=O)C1CCCOCC1)C2)c1cccc(C(F)F)c1Cl. The lowest BCUT2D eigenvalue weighted by Gasteiger charge is -2.20. The van der Waals surface area contributed by atoms with Gasteiger partial charge in [0, 0.05) is 36.7 Å². The first kappa shape index (κ1) is 24.3. The molecule has 178 valence electrons. The topological polar surface area (TPSA) is 64.1 Å². The third-order valence-electron chi connectivity index (χ3n) is 6.55. The molecule has 0 radical (unpaired) electrons. The zero-order valence-corrected chi connectivity index (χ0v) is 19.9. The number of carbonyl (C=O) groups is 1. The first-order valence-corrected chi connectivity index (χ1v) is 12.1. The second-order valence-electron chi connectivity index (χ2n) is 8.87. The molecule has 1 aliphatic carbocycles. The van der Waals surface area contributed by atoms with Crippen molar-refractivity contribution in [3.05, 3.63) is 50.9 Å². The molecule has 2 aromatic rings. The van der Waals surface area contributed by atoms with Crippen LogP contribution in [-0.4, -0.2) is 29.0 Å². The number of nitrogens with zero attached hydrogens (tertiary/aromatic N) is 2. The number of rotatable bonds is 7. The van der Waals surface area contributed by atoms with Crippen LogP contribution < -0.4 is 5.32 Å². The predicted molar refractivity (Wildman–Crippen MR) is 124 cm³/mol. The molecular formula is C24H27Cl2F2N3O2. The summed E-state index contributed by atoms with van der Waals surface area (Å²) in [6.45, 7) is 3.21. The minimum absolute atomic E-state index is 0.0418. The van der Waals surface area contributed by atoms with Gasteiger partial charge in [0.2, 0.25) is 5.28 Å². The summed E-state index contributed by atoms with van der Waals surface area (Å²) in [6, 6.07) is 4.23. The summed E-state index contributed by atoms with van der Waals surface area (Å²) in [6.07, 6.45) is 1.76. The van der Waals surface area contributed by atoms with E-state index in [1.165, 1.54) is 6.07 Å². The second kappa shape index (κ2) is 10.6. The summed E-state index contributed by atoms with van der Waals surface area (Å²) >= 11 is 12.4. The average molecular weight is 498 g/mol. The second-order valence-corrected chi connectivity index (χ2v) is 9.58. The van der Waals surface area contributed by atoms with E-state index < -0.39 is 6.43 Å². The van der Waals surface area contributed by atoms with Gasteiger partial charge in [-0.15, -0.1) is 0 Å². The Balaban J connectivity index is 1.48. The van der Waals surface area contributed by atoms with Crippen molar-refractivity contribution in [3.8, 4) is 0 Å². The number of ketones is 1. The highest BCUT2D eigenvalue weighted by atomic mass is 35.5. The maximum Gasteiger partial charge on any atom is 0.265 e. The van der Waals surface area contributed by atoms with Crippen molar-refractivity contribution >= 4 is 34.8 Å². The lowest BCUT2D eigenvalue weighted by atomic mass is 9.88.